The van der Waals surface area contributed by atoms with Gasteiger partial charge in [-0.25, -0.2) is 0 Å². The van der Waals surface area contributed by atoms with Crippen molar-refractivity contribution in [1.82, 2.24) is 10.3 Å². The second-order valence-electron chi connectivity index (χ2n) is 2.97. The minimum absolute atomic E-state index is 0.826. The molecular weight excluding hydrogens is 176 g/mol. The van der Waals surface area contributed by atoms with Gasteiger partial charge in [0, 0.05) is 18.8 Å². The number of pyridine rings is 1. The maximum absolute atomic E-state index is 5.13. The highest BCUT2D eigenvalue weighted by Gasteiger charge is 2.04. The van der Waals surface area contributed by atoms with E-state index in [1.807, 2.05) is 24.3 Å². The number of methoxy groups -OCH3 is 1. The molecule has 0 aliphatic carbocycles. The van der Waals surface area contributed by atoms with Crippen LogP contribution >= 0.6 is 0 Å². The topological polar surface area (TPSA) is 34.1 Å². The lowest BCUT2D eigenvalue weighted by Crippen LogP contribution is -2.15. The summed E-state index contributed by atoms with van der Waals surface area (Å²) in [6.45, 7) is 0.852. The Morgan fingerprint density at radius 2 is 2.43 bits per heavy atom. The summed E-state index contributed by atoms with van der Waals surface area (Å²) < 4.78 is 5.13. The molecule has 0 bridgehead atoms. The van der Waals surface area contributed by atoms with Gasteiger partial charge in [-0.05, 0) is 12.1 Å². The number of nitrogens with one attached hydrogen (secondary N) is 1. The SMILES string of the molecule is COc1ccnc(C2=CC=CCN2)c1. The Labute approximate surface area is 83.1 Å². The molecule has 1 aromatic rings. The van der Waals surface area contributed by atoms with E-state index in [2.05, 4.69) is 16.4 Å². The molecule has 1 aliphatic rings. The monoisotopic (exact) mass is 188 g/mol. The van der Waals surface area contributed by atoms with Gasteiger partial charge in [0.1, 0.15) is 5.75 Å². The quantitative estimate of drug-likeness (QED) is 0.765. The number of nitrogens with zero attached hydrogens (tertiary/aromatic N) is 1. The average molecular weight is 188 g/mol. The van der Waals surface area contributed by atoms with E-state index in [9.17, 15) is 0 Å². The van der Waals surface area contributed by atoms with E-state index in [1.54, 1.807) is 13.3 Å². The molecular formula is C11H12N2O. The molecule has 0 spiro atoms. The van der Waals surface area contributed by atoms with E-state index < -0.39 is 0 Å². The van der Waals surface area contributed by atoms with Crippen LogP contribution in [0.1, 0.15) is 5.69 Å². The molecule has 3 nitrogen and oxygen atoms in total. The lowest BCUT2D eigenvalue weighted by atomic mass is 10.2. The standard InChI is InChI=1S/C11H12N2O/c1-14-9-5-7-13-11(8-9)10-4-2-3-6-12-10/h2-5,7-8,12H,6H2,1H3. The fraction of sp³-hybridized carbons (Fsp3) is 0.182. The molecule has 0 unspecified atom stereocenters. The summed E-state index contributed by atoms with van der Waals surface area (Å²) in [4.78, 5) is 4.27. The van der Waals surface area contributed by atoms with Crippen LogP contribution in [-0.2, 0) is 0 Å². The largest absolute Gasteiger partial charge is 0.497 e. The van der Waals surface area contributed by atoms with Crippen LogP contribution in [0.5, 0.6) is 5.75 Å². The smallest absolute Gasteiger partial charge is 0.122 e. The first kappa shape index (κ1) is 8.81. The normalized spacial score (nSPS) is 14.5. The maximum Gasteiger partial charge on any atom is 0.122 e. The lowest BCUT2D eigenvalue weighted by Gasteiger charge is -2.11. The van der Waals surface area contributed by atoms with Gasteiger partial charge in [0.25, 0.3) is 0 Å². The van der Waals surface area contributed by atoms with Crippen molar-refractivity contribution < 1.29 is 4.74 Å². The van der Waals surface area contributed by atoms with E-state index >= 15 is 0 Å². The summed E-state index contributed by atoms with van der Waals surface area (Å²) in [5.41, 5.74) is 1.94. The van der Waals surface area contributed by atoms with E-state index in [0.29, 0.717) is 0 Å². The van der Waals surface area contributed by atoms with Crippen LogP contribution in [0.3, 0.4) is 0 Å². The summed E-state index contributed by atoms with van der Waals surface area (Å²) in [6, 6.07) is 3.75. The van der Waals surface area contributed by atoms with Gasteiger partial charge in [-0.2, -0.15) is 0 Å². The fourth-order valence-corrected chi connectivity index (χ4v) is 1.32. The molecule has 0 aromatic carbocycles. The van der Waals surface area contributed by atoms with E-state index in [0.717, 1.165) is 23.7 Å². The number of rotatable bonds is 2. The first-order valence-corrected chi connectivity index (χ1v) is 4.51. The molecule has 0 saturated heterocycles. The van der Waals surface area contributed by atoms with Crippen molar-refractivity contribution in [3.05, 3.63) is 42.3 Å². The van der Waals surface area contributed by atoms with Crippen LogP contribution in [0.2, 0.25) is 0 Å². The first-order valence-electron chi connectivity index (χ1n) is 4.51. The van der Waals surface area contributed by atoms with Crippen molar-refractivity contribution in [3.63, 3.8) is 0 Å². The van der Waals surface area contributed by atoms with Crippen LogP contribution < -0.4 is 10.1 Å². The van der Waals surface area contributed by atoms with Crippen LogP contribution in [0, 0.1) is 0 Å². The average Bonchev–Trinajstić information content (AvgIpc) is 2.30. The lowest BCUT2D eigenvalue weighted by molar-refractivity contribution is 0.414. The number of dihydropyridines is 1. The van der Waals surface area contributed by atoms with E-state index in [1.165, 1.54) is 0 Å². The predicted octanol–water partition coefficient (Wildman–Crippen LogP) is 1.59. The molecule has 0 radical (unpaired) electrons. The predicted molar refractivity (Wildman–Crippen MR) is 55.9 cm³/mol. The summed E-state index contributed by atoms with van der Waals surface area (Å²) in [6.07, 6.45) is 7.83. The fourth-order valence-electron chi connectivity index (χ4n) is 1.32. The Kier molecular flexibility index (Phi) is 2.49. The van der Waals surface area contributed by atoms with Crippen molar-refractivity contribution in [2.24, 2.45) is 0 Å². The van der Waals surface area contributed by atoms with Gasteiger partial charge in [0.05, 0.1) is 18.5 Å². The third kappa shape index (κ3) is 1.76. The Balaban J connectivity index is 2.31. The number of hydrogen-bond acceptors (Lipinski definition) is 3. The number of hydrogen-bond donors (Lipinski definition) is 1. The molecule has 2 heterocycles. The van der Waals surface area contributed by atoms with E-state index in [-0.39, 0.29) is 0 Å². The Morgan fingerprint density at radius 1 is 1.50 bits per heavy atom. The van der Waals surface area contributed by atoms with Crippen molar-refractivity contribution >= 4 is 5.70 Å². The summed E-state index contributed by atoms with van der Waals surface area (Å²) in [5.74, 6) is 0.826. The molecule has 3 heteroatoms. The summed E-state index contributed by atoms with van der Waals surface area (Å²) >= 11 is 0. The van der Waals surface area contributed by atoms with E-state index in [4.69, 9.17) is 4.74 Å². The Morgan fingerprint density at radius 3 is 3.14 bits per heavy atom. The van der Waals surface area contributed by atoms with Crippen LogP contribution in [-0.4, -0.2) is 18.6 Å². The van der Waals surface area contributed by atoms with Crippen LogP contribution in [0.4, 0.5) is 0 Å². The highest BCUT2D eigenvalue weighted by Crippen LogP contribution is 2.16. The molecule has 1 N–H and O–H groups in total. The Bertz CT molecular complexity index is 383. The minimum Gasteiger partial charge on any atom is -0.497 e. The molecule has 2 rings (SSSR count). The molecule has 72 valence electrons. The second kappa shape index (κ2) is 3.96. The van der Waals surface area contributed by atoms with Gasteiger partial charge < -0.3 is 10.1 Å². The molecule has 1 aliphatic heterocycles. The van der Waals surface area contributed by atoms with Crippen molar-refractivity contribution in [2.75, 3.05) is 13.7 Å². The molecule has 0 amide bonds. The van der Waals surface area contributed by atoms with Gasteiger partial charge in [0.2, 0.25) is 0 Å². The highest BCUT2D eigenvalue weighted by atomic mass is 16.5. The zero-order valence-electron chi connectivity index (χ0n) is 8.03. The van der Waals surface area contributed by atoms with Crippen LogP contribution in [0.25, 0.3) is 5.70 Å². The van der Waals surface area contributed by atoms with Gasteiger partial charge >= 0.3 is 0 Å². The molecule has 1 aromatic heterocycles. The third-order valence-corrected chi connectivity index (χ3v) is 2.05. The second-order valence-corrected chi connectivity index (χ2v) is 2.97. The molecule has 0 saturated carbocycles. The maximum atomic E-state index is 5.13. The Hall–Kier alpha value is -1.77. The van der Waals surface area contributed by atoms with Gasteiger partial charge in [-0.1, -0.05) is 12.2 Å². The number of allylic oxidation sites excluding steroid dienone is 2. The van der Waals surface area contributed by atoms with Gasteiger partial charge in [0.15, 0.2) is 0 Å². The third-order valence-electron chi connectivity index (χ3n) is 2.05. The van der Waals surface area contributed by atoms with Gasteiger partial charge in [-0.3, -0.25) is 4.98 Å². The summed E-state index contributed by atoms with van der Waals surface area (Å²) in [7, 11) is 1.65. The zero-order chi connectivity index (χ0) is 9.80. The zero-order valence-corrected chi connectivity index (χ0v) is 8.03. The van der Waals surface area contributed by atoms with Crippen molar-refractivity contribution in [1.29, 1.82) is 0 Å². The minimum atomic E-state index is 0.826. The molecule has 14 heavy (non-hydrogen) atoms. The van der Waals surface area contributed by atoms with Gasteiger partial charge in [-0.15, -0.1) is 0 Å². The van der Waals surface area contributed by atoms with Crippen molar-refractivity contribution in [2.45, 2.75) is 0 Å². The summed E-state index contributed by atoms with van der Waals surface area (Å²) in [5, 5.41) is 3.24. The number of ether oxygens (including phenoxy) is 1. The van der Waals surface area contributed by atoms with Crippen molar-refractivity contribution in [3.8, 4) is 5.75 Å². The highest BCUT2D eigenvalue weighted by molar-refractivity contribution is 5.64. The first-order chi connectivity index (χ1) is 6.90. The number of aromatic nitrogens is 1. The molecule has 0 fully saturated rings. The van der Waals surface area contributed by atoms with Crippen LogP contribution in [0.15, 0.2) is 36.6 Å². The molecule has 0 atom stereocenters.